The van der Waals surface area contributed by atoms with Crippen LogP contribution in [0.1, 0.15) is 25.0 Å². The van der Waals surface area contributed by atoms with Crippen LogP contribution in [0.2, 0.25) is 0 Å². The van der Waals surface area contributed by atoms with E-state index >= 15 is 0 Å². The first kappa shape index (κ1) is 22.8. The van der Waals surface area contributed by atoms with Crippen LogP contribution in [0.25, 0.3) is 76.5 Å². The number of hydrogen-bond donors (Lipinski definition) is 0. The van der Waals surface area contributed by atoms with Crippen molar-refractivity contribution in [2.45, 2.75) is 19.3 Å². The van der Waals surface area contributed by atoms with Crippen molar-refractivity contribution in [3.63, 3.8) is 0 Å². The van der Waals surface area contributed by atoms with Gasteiger partial charge >= 0.3 is 0 Å². The first-order chi connectivity index (χ1) is 20.1. The van der Waals surface area contributed by atoms with Gasteiger partial charge in [0.1, 0.15) is 0 Å². The molecule has 192 valence electrons. The van der Waals surface area contributed by atoms with E-state index in [4.69, 9.17) is 0 Å². The predicted molar refractivity (Wildman–Crippen MR) is 176 cm³/mol. The van der Waals surface area contributed by atoms with E-state index in [1.165, 1.54) is 87.6 Å². The summed E-state index contributed by atoms with van der Waals surface area (Å²) in [6.45, 7) is 4.76. The predicted octanol–water partition coefficient (Wildman–Crippen LogP) is 11.4. The van der Waals surface area contributed by atoms with Crippen LogP contribution >= 0.6 is 0 Å². The van der Waals surface area contributed by atoms with Crippen molar-refractivity contribution in [1.82, 2.24) is 0 Å². The molecule has 0 fully saturated rings. The fourth-order valence-electron chi connectivity index (χ4n) is 7.53. The largest absolute Gasteiger partial charge is 0.0616 e. The minimum atomic E-state index is -0.0628. The molecule has 41 heavy (non-hydrogen) atoms. The van der Waals surface area contributed by atoms with Crippen molar-refractivity contribution in [2.24, 2.45) is 0 Å². The molecule has 0 aliphatic heterocycles. The summed E-state index contributed by atoms with van der Waals surface area (Å²) in [6.07, 6.45) is 0. The minimum absolute atomic E-state index is 0.0628. The van der Waals surface area contributed by atoms with Crippen molar-refractivity contribution < 1.29 is 0 Å². The smallest absolute Gasteiger partial charge is 0.0159 e. The van der Waals surface area contributed by atoms with Crippen LogP contribution in [0, 0.1) is 0 Å². The molecule has 0 saturated carbocycles. The van der Waals surface area contributed by atoms with Gasteiger partial charge in [-0.1, -0.05) is 129 Å². The molecule has 8 aromatic rings. The number of fused-ring (bicyclic) bond motifs is 4. The van der Waals surface area contributed by atoms with Crippen LogP contribution in [0.4, 0.5) is 0 Å². The van der Waals surface area contributed by atoms with Gasteiger partial charge in [0, 0.05) is 5.41 Å². The van der Waals surface area contributed by atoms with Crippen LogP contribution in [0.15, 0.2) is 133 Å². The Morgan fingerprint density at radius 1 is 0.366 bits per heavy atom. The Morgan fingerprint density at radius 3 is 1.76 bits per heavy atom. The Morgan fingerprint density at radius 2 is 0.951 bits per heavy atom. The lowest BCUT2D eigenvalue weighted by atomic mass is 9.80. The maximum absolute atomic E-state index is 2.45. The maximum Gasteiger partial charge on any atom is 0.0159 e. The Labute approximate surface area is 239 Å². The first-order valence-electron chi connectivity index (χ1n) is 14.5. The first-order valence-corrected chi connectivity index (χ1v) is 14.5. The summed E-state index contributed by atoms with van der Waals surface area (Å²) in [6, 6.07) is 50.0. The van der Waals surface area contributed by atoms with Gasteiger partial charge < -0.3 is 0 Å². The minimum Gasteiger partial charge on any atom is -0.0616 e. The molecule has 0 radical (unpaired) electrons. The zero-order valence-electron chi connectivity index (χ0n) is 23.2. The summed E-state index contributed by atoms with van der Waals surface area (Å²) < 4.78 is 0. The number of rotatable bonds is 2. The molecule has 0 heterocycles. The summed E-state index contributed by atoms with van der Waals surface area (Å²) in [4.78, 5) is 0. The van der Waals surface area contributed by atoms with Crippen molar-refractivity contribution >= 4 is 43.1 Å². The highest BCUT2D eigenvalue weighted by Crippen LogP contribution is 2.51. The van der Waals surface area contributed by atoms with Gasteiger partial charge in [-0.05, 0) is 106 Å². The van der Waals surface area contributed by atoms with Crippen LogP contribution in [0.5, 0.6) is 0 Å². The quantitative estimate of drug-likeness (QED) is 0.199. The topological polar surface area (TPSA) is 0 Å². The van der Waals surface area contributed by atoms with Gasteiger partial charge in [-0.2, -0.15) is 0 Å². The molecule has 0 bridgehead atoms. The van der Waals surface area contributed by atoms with E-state index in [0.29, 0.717) is 0 Å². The zero-order chi connectivity index (χ0) is 27.3. The highest BCUT2D eigenvalue weighted by molar-refractivity contribution is 6.25. The van der Waals surface area contributed by atoms with Crippen molar-refractivity contribution in [3.05, 3.63) is 145 Å². The lowest BCUT2D eigenvalue weighted by molar-refractivity contribution is 0.661. The van der Waals surface area contributed by atoms with E-state index in [0.717, 1.165) is 0 Å². The zero-order valence-corrected chi connectivity index (χ0v) is 23.2. The second-order valence-corrected chi connectivity index (χ2v) is 12.1. The molecular formula is C41H28. The van der Waals surface area contributed by atoms with E-state index < -0.39 is 0 Å². The van der Waals surface area contributed by atoms with Gasteiger partial charge in [-0.25, -0.2) is 0 Å². The lowest BCUT2D eigenvalue weighted by Crippen LogP contribution is -2.15. The Kier molecular flexibility index (Phi) is 4.49. The molecule has 0 heteroatoms. The van der Waals surface area contributed by atoms with Gasteiger partial charge in [-0.3, -0.25) is 0 Å². The highest BCUT2D eigenvalue weighted by atomic mass is 14.4. The van der Waals surface area contributed by atoms with Crippen molar-refractivity contribution in [2.75, 3.05) is 0 Å². The van der Waals surface area contributed by atoms with E-state index in [2.05, 4.69) is 147 Å². The molecule has 0 nitrogen and oxygen atoms in total. The van der Waals surface area contributed by atoms with Gasteiger partial charge in [0.2, 0.25) is 0 Å². The second kappa shape index (κ2) is 8.05. The average molecular weight is 521 g/mol. The van der Waals surface area contributed by atoms with Gasteiger partial charge in [-0.15, -0.1) is 0 Å². The van der Waals surface area contributed by atoms with Gasteiger partial charge in [0.15, 0.2) is 0 Å². The SMILES string of the molecule is CC1(C)c2cc(-c3ccccc3-c3ccc4ccc5cccc6ccc3c4c56)ccc2-c2cc3ccccc3cc21. The standard InChI is InChI=1S/C41H28/c1-41(2)37-24-30(18-20-34(37)36-22-28-8-3-4-9-29(28)23-38(36)41)31-12-5-6-13-32(31)33-19-16-27-15-14-25-10-7-11-26-17-21-35(33)40(27)39(25)26/h3-24H,1-2H3. The summed E-state index contributed by atoms with van der Waals surface area (Å²) in [5, 5.41) is 10.6. The van der Waals surface area contributed by atoms with E-state index in [-0.39, 0.29) is 5.41 Å². The second-order valence-electron chi connectivity index (χ2n) is 12.1. The molecule has 0 unspecified atom stereocenters. The molecule has 0 saturated heterocycles. The van der Waals surface area contributed by atoms with Crippen LogP contribution in [0.3, 0.4) is 0 Å². The highest BCUT2D eigenvalue weighted by Gasteiger charge is 2.36. The third-order valence-corrected chi connectivity index (χ3v) is 9.60. The van der Waals surface area contributed by atoms with Crippen LogP contribution < -0.4 is 0 Å². The normalized spacial score (nSPS) is 13.8. The van der Waals surface area contributed by atoms with Crippen LogP contribution in [-0.4, -0.2) is 0 Å². The average Bonchev–Trinajstić information content (AvgIpc) is 3.23. The van der Waals surface area contributed by atoms with E-state index in [1.54, 1.807) is 0 Å². The van der Waals surface area contributed by atoms with Crippen molar-refractivity contribution in [1.29, 1.82) is 0 Å². The van der Waals surface area contributed by atoms with E-state index in [1.807, 2.05) is 0 Å². The molecule has 9 rings (SSSR count). The molecule has 0 amide bonds. The Bertz CT molecular complexity index is 2320. The van der Waals surface area contributed by atoms with Crippen LogP contribution in [-0.2, 0) is 5.41 Å². The molecule has 1 aliphatic rings. The fraction of sp³-hybridized carbons (Fsp3) is 0.0732. The molecule has 0 N–H and O–H groups in total. The lowest BCUT2D eigenvalue weighted by Gasteiger charge is -2.23. The fourth-order valence-corrected chi connectivity index (χ4v) is 7.53. The number of hydrogen-bond acceptors (Lipinski definition) is 0. The Hall–Kier alpha value is -4.94. The molecule has 8 aromatic carbocycles. The molecule has 0 atom stereocenters. The summed E-state index contributed by atoms with van der Waals surface area (Å²) in [5.41, 5.74) is 10.6. The Balaban J connectivity index is 1.26. The molecule has 0 spiro atoms. The van der Waals surface area contributed by atoms with Gasteiger partial charge in [0.05, 0.1) is 0 Å². The third-order valence-electron chi connectivity index (χ3n) is 9.60. The summed E-state index contributed by atoms with van der Waals surface area (Å²) in [5.74, 6) is 0. The van der Waals surface area contributed by atoms with E-state index in [9.17, 15) is 0 Å². The summed E-state index contributed by atoms with van der Waals surface area (Å²) >= 11 is 0. The molecular weight excluding hydrogens is 492 g/mol. The maximum atomic E-state index is 2.45. The monoisotopic (exact) mass is 520 g/mol. The third kappa shape index (κ3) is 3.11. The summed E-state index contributed by atoms with van der Waals surface area (Å²) in [7, 11) is 0. The van der Waals surface area contributed by atoms with Crippen molar-refractivity contribution in [3.8, 4) is 33.4 Å². The molecule has 1 aliphatic carbocycles. The number of benzene rings is 8. The van der Waals surface area contributed by atoms with Gasteiger partial charge in [0.25, 0.3) is 0 Å². The molecule has 0 aromatic heterocycles.